The molecule has 0 radical (unpaired) electrons. The van der Waals surface area contributed by atoms with Crippen molar-refractivity contribution in [3.63, 3.8) is 0 Å². The number of hydrogen-bond acceptors (Lipinski definition) is 7. The van der Waals surface area contributed by atoms with Crippen molar-refractivity contribution in [3.05, 3.63) is 48.6 Å². The average molecular weight is 796 g/mol. The number of phosphoric ester groups is 1. The molecule has 0 aromatic rings. The summed E-state index contributed by atoms with van der Waals surface area (Å²) in [6.45, 7) is 3.45. The van der Waals surface area contributed by atoms with E-state index < -0.39 is 26.5 Å². The fraction of sp³-hybridized carbons (Fsp3) is 0.778. The summed E-state index contributed by atoms with van der Waals surface area (Å²) in [5.74, 6) is -0.533. The van der Waals surface area contributed by atoms with E-state index in [1.165, 1.54) is 89.9 Å². The van der Waals surface area contributed by atoms with Crippen molar-refractivity contribution in [2.45, 2.75) is 200 Å². The predicted octanol–water partition coefficient (Wildman–Crippen LogP) is 12.3. The Hall–Kier alpha value is -2.03. The van der Waals surface area contributed by atoms with Crippen LogP contribution in [-0.2, 0) is 27.9 Å². The van der Waals surface area contributed by atoms with Gasteiger partial charge in [0.2, 0.25) is 5.91 Å². The second-order valence-electron chi connectivity index (χ2n) is 14.7. The van der Waals surface area contributed by atoms with Gasteiger partial charge in [-0.1, -0.05) is 159 Å². The van der Waals surface area contributed by atoms with Gasteiger partial charge in [0.15, 0.2) is 0 Å². The Labute approximate surface area is 336 Å². The summed E-state index contributed by atoms with van der Waals surface area (Å²) in [6.07, 6.45) is 47.5. The molecule has 320 valence electrons. The maximum atomic E-state index is 12.1. The smallest absolute Gasteiger partial charge is 0.463 e. The number of aliphatic hydroxyl groups excluding tert-OH is 1. The van der Waals surface area contributed by atoms with Crippen molar-refractivity contribution < 1.29 is 37.9 Å². The first-order chi connectivity index (χ1) is 26.8. The van der Waals surface area contributed by atoms with Gasteiger partial charge in [-0.15, -0.1) is 0 Å². The van der Waals surface area contributed by atoms with E-state index in [9.17, 15) is 24.2 Å². The van der Waals surface area contributed by atoms with Gasteiger partial charge in [0.1, 0.15) is 12.7 Å². The average Bonchev–Trinajstić information content (AvgIpc) is 3.17. The van der Waals surface area contributed by atoms with Gasteiger partial charge in [0.25, 0.3) is 0 Å². The molecule has 2 unspecified atom stereocenters. The Kier molecular flexibility index (Phi) is 40.1. The van der Waals surface area contributed by atoms with Crippen LogP contribution in [0.25, 0.3) is 0 Å². The highest BCUT2D eigenvalue weighted by atomic mass is 31.2. The van der Waals surface area contributed by atoms with E-state index in [0.29, 0.717) is 6.42 Å². The van der Waals surface area contributed by atoms with Gasteiger partial charge in [-0.05, 0) is 70.6 Å². The second kappa shape index (κ2) is 41.6. The Bertz CT molecular complexity index is 1040. The molecule has 0 saturated heterocycles. The summed E-state index contributed by atoms with van der Waals surface area (Å²) in [5, 5.41) is 12.7. The summed E-state index contributed by atoms with van der Waals surface area (Å²) in [4.78, 5) is 33.9. The second-order valence-corrected chi connectivity index (χ2v) is 16.1. The Morgan fingerprint density at radius 1 is 0.564 bits per heavy atom. The summed E-state index contributed by atoms with van der Waals surface area (Å²) >= 11 is 0. The molecule has 0 bridgehead atoms. The van der Waals surface area contributed by atoms with Gasteiger partial charge < -0.3 is 20.1 Å². The van der Waals surface area contributed by atoms with Gasteiger partial charge in [-0.3, -0.25) is 18.6 Å². The minimum Gasteiger partial charge on any atom is -0.463 e. The molecule has 0 saturated carbocycles. The number of aliphatic hydroxyl groups is 1. The van der Waals surface area contributed by atoms with E-state index in [1.54, 1.807) is 0 Å². The number of rotatable bonds is 41. The zero-order chi connectivity index (χ0) is 40.3. The van der Waals surface area contributed by atoms with E-state index in [0.717, 1.165) is 77.0 Å². The molecule has 0 aliphatic rings. The number of allylic oxidation sites excluding steroid dienone is 8. The van der Waals surface area contributed by atoms with Crippen molar-refractivity contribution >= 4 is 19.7 Å². The molecular formula is C45H82NO8P. The van der Waals surface area contributed by atoms with Crippen molar-refractivity contribution in [3.8, 4) is 0 Å². The van der Waals surface area contributed by atoms with Crippen molar-refractivity contribution in [1.29, 1.82) is 0 Å². The van der Waals surface area contributed by atoms with Crippen molar-refractivity contribution in [1.82, 2.24) is 5.32 Å². The van der Waals surface area contributed by atoms with Crippen LogP contribution in [0.2, 0.25) is 0 Å². The maximum Gasteiger partial charge on any atom is 0.472 e. The fourth-order valence-corrected chi connectivity index (χ4v) is 6.62. The number of carbonyl (C=O) groups is 2. The minimum absolute atomic E-state index is 0.0728. The van der Waals surface area contributed by atoms with E-state index >= 15 is 0 Å². The Morgan fingerprint density at radius 2 is 1.02 bits per heavy atom. The zero-order valence-electron chi connectivity index (χ0n) is 35.1. The molecule has 0 aliphatic heterocycles. The number of esters is 1. The molecule has 0 fully saturated rings. The third-order valence-electron chi connectivity index (χ3n) is 9.21. The van der Waals surface area contributed by atoms with Crippen LogP contribution in [0.4, 0.5) is 0 Å². The van der Waals surface area contributed by atoms with E-state index in [2.05, 4.69) is 67.8 Å². The van der Waals surface area contributed by atoms with Gasteiger partial charge in [0, 0.05) is 19.4 Å². The van der Waals surface area contributed by atoms with Crippen LogP contribution in [0.3, 0.4) is 0 Å². The zero-order valence-corrected chi connectivity index (χ0v) is 36.0. The van der Waals surface area contributed by atoms with Crippen LogP contribution in [0, 0.1) is 0 Å². The van der Waals surface area contributed by atoms with E-state index in [-0.39, 0.29) is 32.1 Å². The lowest BCUT2D eigenvalue weighted by Crippen LogP contribution is -2.27. The lowest BCUT2D eigenvalue weighted by molar-refractivity contribution is -0.147. The highest BCUT2D eigenvalue weighted by molar-refractivity contribution is 7.47. The monoisotopic (exact) mass is 796 g/mol. The summed E-state index contributed by atoms with van der Waals surface area (Å²) in [7, 11) is -4.42. The Balaban J connectivity index is 3.59. The highest BCUT2D eigenvalue weighted by Gasteiger charge is 2.23. The van der Waals surface area contributed by atoms with Gasteiger partial charge in [-0.25, -0.2) is 4.57 Å². The third-order valence-corrected chi connectivity index (χ3v) is 10.2. The number of hydrogen-bond donors (Lipinski definition) is 3. The SMILES string of the molecule is CCC/C=C\C/C=C\CCCCCCCC(=O)NCCOP(=O)(O)OCC(O)COC(=O)CCCCCCCCCCCCC/C=C\C/C=C\CCCCC. The number of carbonyl (C=O) groups excluding carboxylic acids is 2. The van der Waals surface area contributed by atoms with Gasteiger partial charge in [-0.2, -0.15) is 0 Å². The van der Waals surface area contributed by atoms with Crippen LogP contribution in [0.5, 0.6) is 0 Å². The number of unbranched alkanes of at least 4 members (excludes halogenated alkanes) is 20. The Morgan fingerprint density at radius 3 is 1.53 bits per heavy atom. The van der Waals surface area contributed by atoms with Crippen LogP contribution >= 0.6 is 7.82 Å². The molecule has 0 spiro atoms. The van der Waals surface area contributed by atoms with Crippen molar-refractivity contribution in [2.24, 2.45) is 0 Å². The number of nitrogens with one attached hydrogen (secondary N) is 1. The normalized spacial score (nSPS) is 13.7. The molecule has 55 heavy (non-hydrogen) atoms. The number of amides is 1. The first-order valence-electron chi connectivity index (χ1n) is 22.1. The number of phosphoric acid groups is 1. The van der Waals surface area contributed by atoms with Crippen LogP contribution in [0.15, 0.2) is 48.6 Å². The molecular weight excluding hydrogens is 713 g/mol. The first kappa shape index (κ1) is 53.0. The molecule has 10 heteroatoms. The van der Waals surface area contributed by atoms with E-state index in [4.69, 9.17) is 13.8 Å². The van der Waals surface area contributed by atoms with Crippen LogP contribution in [0.1, 0.15) is 194 Å². The maximum absolute atomic E-state index is 12.1. The molecule has 0 aliphatic carbocycles. The molecule has 2 atom stereocenters. The van der Waals surface area contributed by atoms with Gasteiger partial charge in [0.05, 0.1) is 13.2 Å². The topological polar surface area (TPSA) is 131 Å². The summed E-state index contributed by atoms with van der Waals surface area (Å²) < 4.78 is 26.9. The minimum atomic E-state index is -4.42. The quantitative estimate of drug-likeness (QED) is 0.0241. The van der Waals surface area contributed by atoms with Crippen LogP contribution < -0.4 is 5.32 Å². The molecule has 0 heterocycles. The molecule has 0 aromatic carbocycles. The molecule has 9 nitrogen and oxygen atoms in total. The van der Waals surface area contributed by atoms with Crippen LogP contribution in [-0.4, -0.2) is 54.3 Å². The highest BCUT2D eigenvalue weighted by Crippen LogP contribution is 2.42. The molecule has 3 N–H and O–H groups in total. The largest absolute Gasteiger partial charge is 0.472 e. The third kappa shape index (κ3) is 42.9. The fourth-order valence-electron chi connectivity index (χ4n) is 5.86. The lowest BCUT2D eigenvalue weighted by Gasteiger charge is -2.15. The predicted molar refractivity (Wildman–Crippen MR) is 229 cm³/mol. The first-order valence-corrected chi connectivity index (χ1v) is 23.6. The van der Waals surface area contributed by atoms with Crippen molar-refractivity contribution in [2.75, 3.05) is 26.4 Å². The molecule has 0 rings (SSSR count). The summed E-state index contributed by atoms with van der Waals surface area (Å²) in [6, 6.07) is 0. The standard InChI is InChI=1S/C45H82NO8P/c1-3-5-7-9-11-13-15-17-18-19-20-21-22-23-24-26-28-30-32-34-36-38-45(49)52-41-43(47)42-54-55(50,51)53-40-39-46-44(48)37-35-33-31-29-27-25-16-14-12-10-8-6-4-2/h8,10-11,13-14,16-18,43,47H,3-7,9,12,15,19-42H2,1-2H3,(H,46,48)(H,50,51)/b10-8-,13-11-,16-14-,18-17-. The van der Waals surface area contributed by atoms with Gasteiger partial charge >= 0.3 is 13.8 Å². The molecule has 1 amide bonds. The van der Waals surface area contributed by atoms with E-state index in [1.807, 2.05) is 0 Å². The molecule has 0 aromatic heterocycles. The lowest BCUT2D eigenvalue weighted by atomic mass is 10.0. The summed E-state index contributed by atoms with van der Waals surface area (Å²) in [5.41, 5.74) is 0. The number of ether oxygens (including phenoxy) is 1.